The van der Waals surface area contributed by atoms with Gasteiger partial charge in [0.05, 0.1) is 27.2 Å². The second kappa shape index (κ2) is 16.6. The van der Waals surface area contributed by atoms with Crippen molar-refractivity contribution in [1.82, 2.24) is 10.2 Å². The Morgan fingerprint density at radius 1 is 0.952 bits per heavy atom. The third-order valence-electron chi connectivity index (χ3n) is 8.14. The van der Waals surface area contributed by atoms with Gasteiger partial charge >= 0.3 is 6.03 Å². The minimum absolute atomic E-state index is 0.0422. The van der Waals surface area contributed by atoms with Gasteiger partial charge in [-0.25, -0.2) is 4.79 Å². The normalized spacial score (nSPS) is 14.9. The van der Waals surface area contributed by atoms with Crippen LogP contribution in [-0.2, 0) is 16.0 Å². The summed E-state index contributed by atoms with van der Waals surface area (Å²) in [7, 11) is 4.63. The maximum absolute atomic E-state index is 14.5. The lowest BCUT2D eigenvalue weighted by Gasteiger charge is -2.34. The van der Waals surface area contributed by atoms with E-state index < -0.39 is 23.9 Å². The number of hydrogen-bond acceptors (Lipinski definition) is 6. The molecule has 3 N–H and O–H groups in total. The van der Waals surface area contributed by atoms with Gasteiger partial charge in [-0.3, -0.25) is 14.5 Å². The molecule has 0 aromatic heterocycles. The molecule has 1 saturated carbocycles. The van der Waals surface area contributed by atoms with Crippen LogP contribution in [0.1, 0.15) is 81.8 Å². The van der Waals surface area contributed by atoms with Gasteiger partial charge in [-0.2, -0.15) is 0 Å². The number of imide groups is 1. The molecule has 0 aliphatic heterocycles. The molecule has 1 fully saturated rings. The van der Waals surface area contributed by atoms with E-state index in [0.717, 1.165) is 50.5 Å². The summed E-state index contributed by atoms with van der Waals surface area (Å²) in [5, 5.41) is 2.79. The van der Waals surface area contributed by atoms with Gasteiger partial charge in [0.1, 0.15) is 6.04 Å². The van der Waals surface area contributed by atoms with Gasteiger partial charge in [0, 0.05) is 6.54 Å². The Bertz CT molecular complexity index is 1140. The number of primary amides is 1. The third-order valence-corrected chi connectivity index (χ3v) is 8.14. The number of ether oxygens (including phenoxy) is 3. The predicted molar refractivity (Wildman–Crippen MR) is 163 cm³/mol. The minimum Gasteiger partial charge on any atom is -0.493 e. The van der Waals surface area contributed by atoms with E-state index in [1.807, 2.05) is 42.5 Å². The Morgan fingerprint density at radius 3 is 2.14 bits per heavy atom. The molecule has 0 saturated heterocycles. The van der Waals surface area contributed by atoms with E-state index in [-0.39, 0.29) is 18.4 Å². The highest BCUT2D eigenvalue weighted by Crippen LogP contribution is 2.44. The summed E-state index contributed by atoms with van der Waals surface area (Å²) in [6, 6.07) is 11.8. The summed E-state index contributed by atoms with van der Waals surface area (Å²) in [5.74, 6) is -0.124. The molecular weight excluding hydrogens is 534 g/mol. The monoisotopic (exact) mass is 581 g/mol. The van der Waals surface area contributed by atoms with Crippen molar-refractivity contribution in [3.8, 4) is 17.2 Å². The van der Waals surface area contributed by atoms with Crippen molar-refractivity contribution >= 4 is 17.8 Å². The topological polar surface area (TPSA) is 120 Å². The van der Waals surface area contributed by atoms with E-state index in [4.69, 9.17) is 19.9 Å². The largest absolute Gasteiger partial charge is 0.493 e. The average molecular weight is 582 g/mol. The number of carbonyl (C=O) groups excluding carboxylic acids is 3. The van der Waals surface area contributed by atoms with Gasteiger partial charge in [-0.05, 0) is 61.3 Å². The summed E-state index contributed by atoms with van der Waals surface area (Å²) >= 11 is 0. The average Bonchev–Trinajstić information content (AvgIpc) is 3.01. The molecule has 0 bridgehead atoms. The molecule has 9 heteroatoms. The molecule has 0 radical (unpaired) electrons. The van der Waals surface area contributed by atoms with Crippen LogP contribution >= 0.6 is 0 Å². The molecule has 1 unspecified atom stereocenters. The molecule has 2 aromatic rings. The number of urea groups is 1. The SMILES string of the molecule is CCCCCN(C(=O)N[C@@H](CCc1ccccc1)C(N)=O)C(=O)C(c1cc(OC)c(OC)c(OC)c1)C1CCCCC1. The summed E-state index contributed by atoms with van der Waals surface area (Å²) in [5.41, 5.74) is 7.46. The van der Waals surface area contributed by atoms with Crippen LogP contribution in [0.2, 0.25) is 0 Å². The Morgan fingerprint density at radius 2 is 1.60 bits per heavy atom. The molecule has 2 aromatic carbocycles. The number of aryl methyl sites for hydroxylation is 1. The van der Waals surface area contributed by atoms with Crippen LogP contribution in [0.4, 0.5) is 4.79 Å². The standard InChI is InChI=1S/C33H47N3O6/c1-5-6-13-20-36(33(39)35-26(31(34)37)19-18-23-14-9-7-10-15-23)32(38)29(24-16-11-8-12-17-24)25-21-27(40-2)30(42-4)28(22-25)41-3/h7,9-10,14-15,21-22,24,26,29H,5-6,8,11-13,16-20H2,1-4H3,(H2,34,37)(H,35,39)/t26-,29?/m0/s1. The van der Waals surface area contributed by atoms with Gasteiger partial charge in [0.2, 0.25) is 17.6 Å². The fraction of sp³-hybridized carbons (Fsp3) is 0.545. The number of carbonyl (C=O) groups is 3. The number of nitrogens with zero attached hydrogens (tertiary/aromatic N) is 1. The Balaban J connectivity index is 1.95. The zero-order valence-corrected chi connectivity index (χ0v) is 25.5. The van der Waals surface area contributed by atoms with Gasteiger partial charge in [0.15, 0.2) is 11.5 Å². The first kappa shape index (κ1) is 32.8. The first-order valence-corrected chi connectivity index (χ1v) is 15.1. The van der Waals surface area contributed by atoms with E-state index in [2.05, 4.69) is 12.2 Å². The van der Waals surface area contributed by atoms with Crippen LogP contribution in [0, 0.1) is 5.92 Å². The highest BCUT2D eigenvalue weighted by Gasteiger charge is 2.38. The maximum Gasteiger partial charge on any atom is 0.324 e. The molecule has 2 atom stereocenters. The number of benzene rings is 2. The van der Waals surface area contributed by atoms with Gasteiger partial charge in [-0.15, -0.1) is 0 Å². The van der Waals surface area contributed by atoms with Crippen molar-refractivity contribution in [3.05, 3.63) is 53.6 Å². The number of nitrogens with one attached hydrogen (secondary N) is 1. The number of methoxy groups -OCH3 is 3. The number of nitrogens with two attached hydrogens (primary N) is 1. The second-order valence-electron chi connectivity index (χ2n) is 11.0. The van der Waals surface area contributed by atoms with Gasteiger partial charge in [0.25, 0.3) is 0 Å². The summed E-state index contributed by atoms with van der Waals surface area (Å²) < 4.78 is 16.7. The van der Waals surface area contributed by atoms with Crippen molar-refractivity contribution in [1.29, 1.82) is 0 Å². The molecule has 1 aliphatic rings. The molecule has 1 aliphatic carbocycles. The number of hydrogen-bond donors (Lipinski definition) is 2. The van der Waals surface area contributed by atoms with Crippen LogP contribution in [0.5, 0.6) is 17.2 Å². The predicted octanol–water partition coefficient (Wildman–Crippen LogP) is 5.59. The summed E-state index contributed by atoms with van der Waals surface area (Å²) in [6.07, 6.45) is 8.26. The van der Waals surface area contributed by atoms with Crippen LogP contribution in [-0.4, -0.2) is 56.7 Å². The van der Waals surface area contributed by atoms with Crippen LogP contribution < -0.4 is 25.3 Å². The van der Waals surface area contributed by atoms with E-state index >= 15 is 0 Å². The van der Waals surface area contributed by atoms with E-state index in [9.17, 15) is 14.4 Å². The Labute approximate surface area is 250 Å². The molecule has 42 heavy (non-hydrogen) atoms. The van der Waals surface area contributed by atoms with Crippen LogP contribution in [0.3, 0.4) is 0 Å². The lowest BCUT2D eigenvalue weighted by Crippen LogP contribution is -2.53. The molecular formula is C33H47N3O6. The fourth-order valence-electron chi connectivity index (χ4n) is 5.83. The van der Waals surface area contributed by atoms with Crippen LogP contribution in [0.15, 0.2) is 42.5 Å². The molecule has 0 heterocycles. The molecule has 0 spiro atoms. The van der Waals surface area contributed by atoms with Gasteiger partial charge in [-0.1, -0.05) is 69.4 Å². The highest BCUT2D eigenvalue weighted by molar-refractivity contribution is 5.99. The Kier molecular flexibility index (Phi) is 13.0. The fourth-order valence-corrected chi connectivity index (χ4v) is 5.83. The molecule has 4 amide bonds. The lowest BCUT2D eigenvalue weighted by atomic mass is 9.76. The first-order chi connectivity index (χ1) is 20.3. The smallest absolute Gasteiger partial charge is 0.324 e. The number of amides is 4. The first-order valence-electron chi connectivity index (χ1n) is 15.1. The summed E-state index contributed by atoms with van der Waals surface area (Å²) in [6.45, 7) is 2.32. The summed E-state index contributed by atoms with van der Waals surface area (Å²) in [4.78, 5) is 42.0. The highest BCUT2D eigenvalue weighted by atomic mass is 16.5. The van der Waals surface area contributed by atoms with Crippen molar-refractivity contribution < 1.29 is 28.6 Å². The van der Waals surface area contributed by atoms with Gasteiger partial charge < -0.3 is 25.3 Å². The number of unbranched alkanes of at least 4 members (excludes halogenated alkanes) is 2. The second-order valence-corrected chi connectivity index (χ2v) is 11.0. The van der Waals surface area contributed by atoms with Crippen molar-refractivity contribution in [2.45, 2.75) is 83.1 Å². The van der Waals surface area contributed by atoms with E-state index in [1.54, 1.807) is 14.2 Å². The maximum atomic E-state index is 14.5. The third kappa shape index (κ3) is 8.63. The lowest BCUT2D eigenvalue weighted by molar-refractivity contribution is -0.132. The molecule has 9 nitrogen and oxygen atoms in total. The molecule has 3 rings (SSSR count). The quantitative estimate of drug-likeness (QED) is 0.265. The number of rotatable bonds is 15. The van der Waals surface area contributed by atoms with Crippen molar-refractivity contribution in [2.24, 2.45) is 11.7 Å². The zero-order valence-electron chi connectivity index (χ0n) is 25.5. The van der Waals surface area contributed by atoms with Crippen molar-refractivity contribution in [3.63, 3.8) is 0 Å². The minimum atomic E-state index is -0.909. The van der Waals surface area contributed by atoms with Crippen molar-refractivity contribution in [2.75, 3.05) is 27.9 Å². The molecule has 230 valence electrons. The Hall–Kier alpha value is -3.75. The van der Waals surface area contributed by atoms with E-state index in [1.165, 1.54) is 12.0 Å². The zero-order chi connectivity index (χ0) is 30.5. The van der Waals surface area contributed by atoms with E-state index in [0.29, 0.717) is 42.1 Å². The van der Waals surface area contributed by atoms with Crippen LogP contribution in [0.25, 0.3) is 0 Å².